The fourth-order valence-corrected chi connectivity index (χ4v) is 2.39. The molecule has 1 aliphatic heterocycles. The number of hydrogen-bond donors (Lipinski definition) is 2. The third-order valence-corrected chi connectivity index (χ3v) is 3.16. The Kier molecular flexibility index (Phi) is 3.70. The van der Waals surface area contributed by atoms with Gasteiger partial charge in [-0.1, -0.05) is 11.6 Å². The summed E-state index contributed by atoms with van der Waals surface area (Å²) >= 11 is 5.96. The average Bonchev–Trinajstić information content (AvgIpc) is 2.75. The average molecular weight is 287 g/mol. The Morgan fingerprint density at radius 1 is 1.63 bits per heavy atom. The van der Waals surface area contributed by atoms with Crippen molar-refractivity contribution in [1.82, 2.24) is 10.3 Å². The van der Waals surface area contributed by atoms with Crippen LogP contribution in [0, 0.1) is 10.1 Å². The van der Waals surface area contributed by atoms with Gasteiger partial charge in [-0.05, 0) is 6.42 Å². The lowest BCUT2D eigenvalue weighted by molar-refractivity contribution is -0.384. The van der Waals surface area contributed by atoms with Crippen molar-refractivity contribution in [3.8, 4) is 0 Å². The summed E-state index contributed by atoms with van der Waals surface area (Å²) in [5, 5.41) is 22.2. The van der Waals surface area contributed by atoms with Gasteiger partial charge in [0.15, 0.2) is 0 Å². The maximum Gasteiger partial charge on any atom is 0.404 e. The molecule has 1 saturated heterocycles. The van der Waals surface area contributed by atoms with Crippen molar-refractivity contribution in [3.63, 3.8) is 0 Å². The monoisotopic (exact) mass is 286 g/mol. The molecule has 9 heteroatoms. The molecule has 0 bridgehead atoms. The number of amides is 1. The number of hydrogen-bond acceptors (Lipinski definition) is 5. The van der Waals surface area contributed by atoms with Crippen molar-refractivity contribution in [1.29, 1.82) is 0 Å². The number of halogens is 1. The second-order valence-corrected chi connectivity index (χ2v) is 4.53. The van der Waals surface area contributed by atoms with Crippen molar-refractivity contribution in [2.24, 2.45) is 0 Å². The van der Waals surface area contributed by atoms with Gasteiger partial charge in [-0.3, -0.25) is 15.1 Å². The van der Waals surface area contributed by atoms with Crippen LogP contribution in [0.15, 0.2) is 12.4 Å². The van der Waals surface area contributed by atoms with E-state index < -0.39 is 11.0 Å². The van der Waals surface area contributed by atoms with Gasteiger partial charge in [0.25, 0.3) is 0 Å². The van der Waals surface area contributed by atoms with Crippen molar-refractivity contribution in [2.75, 3.05) is 18.0 Å². The molecule has 0 aliphatic carbocycles. The van der Waals surface area contributed by atoms with E-state index in [1.807, 2.05) is 0 Å². The molecule has 102 valence electrons. The minimum atomic E-state index is -1.11. The van der Waals surface area contributed by atoms with E-state index in [9.17, 15) is 14.9 Å². The van der Waals surface area contributed by atoms with Gasteiger partial charge in [-0.15, -0.1) is 0 Å². The number of rotatable bonds is 3. The van der Waals surface area contributed by atoms with E-state index in [4.69, 9.17) is 16.7 Å². The third-order valence-electron chi connectivity index (χ3n) is 2.88. The highest BCUT2D eigenvalue weighted by Gasteiger charge is 2.30. The predicted octanol–water partition coefficient (Wildman–Crippen LogP) is 1.49. The largest absolute Gasteiger partial charge is 0.465 e. The molecule has 1 amide bonds. The van der Waals surface area contributed by atoms with Gasteiger partial charge in [-0.25, -0.2) is 4.79 Å². The second-order valence-electron chi connectivity index (χ2n) is 4.13. The molecule has 1 atom stereocenters. The van der Waals surface area contributed by atoms with Crippen molar-refractivity contribution in [3.05, 3.63) is 27.5 Å². The highest BCUT2D eigenvalue weighted by Crippen LogP contribution is 2.36. The van der Waals surface area contributed by atoms with Gasteiger partial charge in [-0.2, -0.15) is 0 Å². The van der Waals surface area contributed by atoms with E-state index in [1.54, 1.807) is 4.90 Å². The first-order chi connectivity index (χ1) is 8.99. The van der Waals surface area contributed by atoms with Crippen molar-refractivity contribution >= 4 is 29.1 Å². The van der Waals surface area contributed by atoms with Crippen LogP contribution in [0.3, 0.4) is 0 Å². The Hall–Kier alpha value is -2.09. The highest BCUT2D eigenvalue weighted by molar-refractivity contribution is 6.33. The maximum atomic E-state index is 11.0. The molecule has 0 spiro atoms. The van der Waals surface area contributed by atoms with Gasteiger partial charge in [0.05, 0.1) is 16.0 Å². The Morgan fingerprint density at radius 3 is 3.00 bits per heavy atom. The first kappa shape index (κ1) is 13.3. The van der Waals surface area contributed by atoms with Gasteiger partial charge in [0, 0.05) is 19.3 Å². The van der Waals surface area contributed by atoms with E-state index in [0.717, 1.165) is 6.20 Å². The first-order valence-corrected chi connectivity index (χ1v) is 5.89. The molecule has 1 aromatic rings. The van der Waals surface area contributed by atoms with Crippen LogP contribution in [-0.2, 0) is 0 Å². The molecule has 1 aliphatic rings. The molecule has 19 heavy (non-hydrogen) atoms. The van der Waals surface area contributed by atoms with Gasteiger partial charge < -0.3 is 15.3 Å². The first-order valence-electron chi connectivity index (χ1n) is 5.51. The van der Waals surface area contributed by atoms with Crippen LogP contribution < -0.4 is 10.2 Å². The lowest BCUT2D eigenvalue weighted by Crippen LogP contribution is -2.36. The summed E-state index contributed by atoms with van der Waals surface area (Å²) in [6.45, 7) is 0.840. The molecule has 1 unspecified atom stereocenters. The van der Waals surface area contributed by atoms with Crippen molar-refractivity contribution < 1.29 is 14.8 Å². The van der Waals surface area contributed by atoms with Crippen LogP contribution >= 0.6 is 11.6 Å². The number of nitrogens with one attached hydrogen (secondary N) is 1. The number of nitro groups is 1. The SMILES string of the molecule is O=C(O)NC1CCN(c2c(Cl)cncc2[N+](=O)[O-])C1. The number of pyridine rings is 1. The highest BCUT2D eigenvalue weighted by atomic mass is 35.5. The minimum Gasteiger partial charge on any atom is -0.465 e. The summed E-state index contributed by atoms with van der Waals surface area (Å²) in [5.41, 5.74) is 0.111. The van der Waals surface area contributed by atoms with Gasteiger partial charge >= 0.3 is 11.8 Å². The fourth-order valence-electron chi connectivity index (χ4n) is 2.12. The molecule has 1 fully saturated rings. The Bertz CT molecular complexity index is 524. The summed E-state index contributed by atoms with van der Waals surface area (Å²) in [4.78, 5) is 26.4. The molecule has 0 aromatic carbocycles. The topological polar surface area (TPSA) is 109 Å². The zero-order valence-corrected chi connectivity index (χ0v) is 10.5. The summed E-state index contributed by atoms with van der Waals surface area (Å²) in [6.07, 6.45) is 1.94. The number of carbonyl (C=O) groups is 1. The van der Waals surface area contributed by atoms with Crippen LogP contribution in [0.5, 0.6) is 0 Å². The number of anilines is 1. The van der Waals surface area contributed by atoms with E-state index in [-0.39, 0.29) is 22.4 Å². The molecule has 2 N–H and O–H groups in total. The Balaban J connectivity index is 2.24. The van der Waals surface area contributed by atoms with Crippen LogP contribution in [0.25, 0.3) is 0 Å². The summed E-state index contributed by atoms with van der Waals surface area (Å²) in [5.74, 6) is 0. The van der Waals surface area contributed by atoms with Crippen LogP contribution in [0.4, 0.5) is 16.2 Å². The lowest BCUT2D eigenvalue weighted by atomic mass is 10.3. The van der Waals surface area contributed by atoms with Crippen LogP contribution in [0.2, 0.25) is 5.02 Å². The van der Waals surface area contributed by atoms with E-state index in [0.29, 0.717) is 19.5 Å². The second kappa shape index (κ2) is 5.27. The van der Waals surface area contributed by atoms with Gasteiger partial charge in [0.1, 0.15) is 11.9 Å². The van der Waals surface area contributed by atoms with E-state index in [1.165, 1.54) is 6.20 Å². The number of nitrogens with zero attached hydrogens (tertiary/aromatic N) is 3. The molecule has 2 rings (SSSR count). The van der Waals surface area contributed by atoms with E-state index in [2.05, 4.69) is 10.3 Å². The van der Waals surface area contributed by atoms with E-state index >= 15 is 0 Å². The lowest BCUT2D eigenvalue weighted by Gasteiger charge is -2.19. The third kappa shape index (κ3) is 2.84. The number of carboxylic acid groups (broad SMARTS) is 1. The smallest absolute Gasteiger partial charge is 0.404 e. The van der Waals surface area contributed by atoms with Crippen LogP contribution in [0.1, 0.15) is 6.42 Å². The zero-order chi connectivity index (χ0) is 14.0. The Morgan fingerprint density at radius 2 is 2.37 bits per heavy atom. The normalized spacial score (nSPS) is 18.4. The quantitative estimate of drug-likeness (QED) is 0.643. The fraction of sp³-hybridized carbons (Fsp3) is 0.400. The van der Waals surface area contributed by atoms with Crippen LogP contribution in [-0.4, -0.2) is 40.2 Å². The predicted molar refractivity (Wildman–Crippen MR) is 67.7 cm³/mol. The minimum absolute atomic E-state index is 0.177. The standard InChI is InChI=1S/C10H11ClN4O4/c11-7-3-12-4-8(15(18)19)9(7)14-2-1-6(5-14)13-10(16)17/h3-4,6,13H,1-2,5H2,(H,16,17). The number of aromatic nitrogens is 1. The molecule has 1 aromatic heterocycles. The molecule has 2 heterocycles. The molecular formula is C10H11ClN4O4. The molecular weight excluding hydrogens is 276 g/mol. The summed E-state index contributed by atoms with van der Waals surface area (Å²) in [7, 11) is 0. The summed E-state index contributed by atoms with van der Waals surface area (Å²) in [6, 6.07) is -0.263. The summed E-state index contributed by atoms with van der Waals surface area (Å²) < 4.78 is 0. The Labute approximate surface area is 113 Å². The van der Waals surface area contributed by atoms with Crippen molar-refractivity contribution in [2.45, 2.75) is 12.5 Å². The zero-order valence-electron chi connectivity index (χ0n) is 9.74. The maximum absolute atomic E-state index is 11.0. The molecule has 0 saturated carbocycles. The molecule has 8 nitrogen and oxygen atoms in total. The molecule has 0 radical (unpaired) electrons. The van der Waals surface area contributed by atoms with Gasteiger partial charge in [0.2, 0.25) is 0 Å².